The van der Waals surface area contributed by atoms with Gasteiger partial charge in [-0.25, -0.2) is 0 Å². The summed E-state index contributed by atoms with van der Waals surface area (Å²) in [7, 11) is 0. The Kier molecular flexibility index (Phi) is 12.1. The van der Waals surface area contributed by atoms with Gasteiger partial charge in [0.1, 0.15) is 0 Å². The lowest BCUT2D eigenvalue weighted by atomic mass is 10.0. The van der Waals surface area contributed by atoms with Gasteiger partial charge in [0, 0.05) is 95.1 Å². The molecule has 0 saturated heterocycles. The van der Waals surface area contributed by atoms with E-state index in [0.717, 1.165) is 123 Å². The summed E-state index contributed by atoms with van der Waals surface area (Å²) in [5.74, 6) is 0. The van der Waals surface area contributed by atoms with Crippen LogP contribution < -0.4 is 14.7 Å². The number of benzene rings is 13. The molecule has 7 nitrogen and oxygen atoms in total. The predicted molar refractivity (Wildman–Crippen MR) is 369 cm³/mol. The molecule has 0 atom stereocenters. The van der Waals surface area contributed by atoms with Gasteiger partial charge in [-0.3, -0.25) is 4.98 Å². The number of fused-ring (bicyclic) bond motifs is 10. The maximum atomic E-state index is 5.37. The lowest BCUT2D eigenvalue weighted by Crippen LogP contribution is -2.18. The highest BCUT2D eigenvalue weighted by atomic mass is 15.2. The van der Waals surface area contributed by atoms with Gasteiger partial charge in [-0.05, 0) is 164 Å². The first kappa shape index (κ1) is 50.6. The van der Waals surface area contributed by atoms with Gasteiger partial charge in [-0.2, -0.15) is 0 Å². The molecule has 4 aromatic heterocycles. The van der Waals surface area contributed by atoms with E-state index in [2.05, 4.69) is 356 Å². The lowest BCUT2D eigenvalue weighted by molar-refractivity contribution is 1.18. The normalized spacial score (nSPS) is 11.6. The molecule has 0 unspecified atom stereocenters. The number of rotatable bonds is 12. The highest BCUT2D eigenvalue weighted by molar-refractivity contribution is 6.15. The molecule has 13 aromatic carbocycles. The Balaban J connectivity index is 0.953. The van der Waals surface area contributed by atoms with E-state index in [1.54, 1.807) is 0 Å². The summed E-state index contributed by atoms with van der Waals surface area (Å²) in [6.45, 7) is 0. The molecule has 0 N–H and O–H groups in total. The summed E-state index contributed by atoms with van der Waals surface area (Å²) in [4.78, 5) is 12.7. The fourth-order valence-electron chi connectivity index (χ4n) is 13.6. The van der Waals surface area contributed by atoms with Crippen molar-refractivity contribution >= 4 is 128 Å². The second-order valence-electron chi connectivity index (χ2n) is 22.4. The number of hydrogen-bond acceptors (Lipinski definition) is 4. The van der Waals surface area contributed by atoms with Crippen molar-refractivity contribution in [1.82, 2.24) is 18.7 Å². The van der Waals surface area contributed by atoms with Gasteiger partial charge in [0.15, 0.2) is 0 Å². The Morgan fingerprint density at radius 2 is 0.500 bits per heavy atom. The second-order valence-corrected chi connectivity index (χ2v) is 22.4. The first-order valence-electron chi connectivity index (χ1n) is 29.9. The zero-order valence-corrected chi connectivity index (χ0v) is 47.9. The largest absolute Gasteiger partial charge is 0.310 e. The topological polar surface area (TPSA) is 37.4 Å². The summed E-state index contributed by atoms with van der Waals surface area (Å²) in [5.41, 5.74) is 20.1. The minimum absolute atomic E-state index is 0.844. The maximum absolute atomic E-state index is 5.37. The zero-order chi connectivity index (χ0) is 58.1. The summed E-state index contributed by atoms with van der Waals surface area (Å²) >= 11 is 0. The Bertz CT molecular complexity index is 5450. The molecule has 0 radical (unpaired) electrons. The van der Waals surface area contributed by atoms with Crippen molar-refractivity contribution in [2.45, 2.75) is 0 Å². The van der Waals surface area contributed by atoms with Crippen LogP contribution in [0, 0.1) is 0 Å². The van der Waals surface area contributed by atoms with E-state index in [1.165, 1.54) is 21.5 Å². The van der Waals surface area contributed by atoms with Crippen molar-refractivity contribution in [1.29, 1.82) is 0 Å². The van der Waals surface area contributed by atoms with Crippen LogP contribution in [0.4, 0.5) is 51.2 Å². The van der Waals surface area contributed by atoms with Gasteiger partial charge < -0.3 is 28.4 Å². The molecule has 0 aliphatic rings. The molecule has 0 saturated carbocycles. The highest BCUT2D eigenvalue weighted by Gasteiger charge is 2.28. The third-order valence-corrected chi connectivity index (χ3v) is 17.4. The molecule has 0 aliphatic heterocycles. The van der Waals surface area contributed by atoms with E-state index in [4.69, 9.17) is 4.98 Å². The van der Waals surface area contributed by atoms with E-state index < -0.39 is 0 Å². The minimum atomic E-state index is 0.844. The highest BCUT2D eigenvalue weighted by Crippen LogP contribution is 2.51. The molecule has 7 heteroatoms. The third kappa shape index (κ3) is 8.32. The molecule has 0 aliphatic carbocycles. The molecule has 0 fully saturated rings. The smallest absolute Gasteiger partial charge is 0.0745 e. The van der Waals surface area contributed by atoms with Crippen molar-refractivity contribution in [2.75, 3.05) is 14.7 Å². The number of hydrogen-bond donors (Lipinski definition) is 0. The lowest BCUT2D eigenvalue weighted by Gasteiger charge is -2.34. The Morgan fingerprint density at radius 1 is 0.205 bits per heavy atom. The van der Waals surface area contributed by atoms with Crippen LogP contribution in [0.5, 0.6) is 0 Å². The molecule has 0 spiro atoms. The van der Waals surface area contributed by atoms with E-state index in [-0.39, 0.29) is 0 Å². The first-order valence-corrected chi connectivity index (χ1v) is 29.9. The van der Waals surface area contributed by atoms with Crippen molar-refractivity contribution in [2.24, 2.45) is 0 Å². The van der Waals surface area contributed by atoms with Gasteiger partial charge in [0.2, 0.25) is 0 Å². The summed E-state index contributed by atoms with van der Waals surface area (Å²) < 4.78 is 7.15. The quantitative estimate of drug-likeness (QED) is 0.122. The van der Waals surface area contributed by atoms with Crippen LogP contribution in [0.3, 0.4) is 0 Å². The minimum Gasteiger partial charge on any atom is -0.310 e. The van der Waals surface area contributed by atoms with E-state index in [9.17, 15) is 0 Å². The molecule has 4 heterocycles. The molecule has 17 aromatic rings. The van der Waals surface area contributed by atoms with Gasteiger partial charge in [-0.15, -0.1) is 0 Å². The van der Waals surface area contributed by atoms with Crippen molar-refractivity contribution < 1.29 is 0 Å². The van der Waals surface area contributed by atoms with Crippen LogP contribution in [0.25, 0.3) is 93.4 Å². The molecule has 0 amide bonds. The van der Waals surface area contributed by atoms with Crippen LogP contribution >= 0.6 is 0 Å². The average Bonchev–Trinajstić information content (AvgIpc) is 1.80. The summed E-state index contributed by atoms with van der Waals surface area (Å²) in [5, 5.41) is 8.01. The molecule has 0 bridgehead atoms. The number of nitrogens with zero attached hydrogens (tertiary/aromatic N) is 7. The van der Waals surface area contributed by atoms with Crippen molar-refractivity contribution in [3.05, 3.63) is 334 Å². The fraction of sp³-hybridized carbons (Fsp3) is 0. The molecular weight excluding hydrogens is 1070 g/mol. The second kappa shape index (κ2) is 21.0. The van der Waals surface area contributed by atoms with Crippen LogP contribution in [0.2, 0.25) is 0 Å². The SMILES string of the molecule is c1ccc(N(c2ccc3c(c2)c2ccccc2n3-c2ccccc2)c2cc3nccc(N(c4ccccc4)c4ccc5c(c4)c4ccccc4n5-c4ccccc4)c3cc2N(c2ccccc2)c2ccc3c(c2)c2ccccc2n3-c2ccccc2)cc1. The van der Waals surface area contributed by atoms with Gasteiger partial charge in [0.25, 0.3) is 0 Å². The van der Waals surface area contributed by atoms with E-state index in [0.29, 0.717) is 0 Å². The van der Waals surface area contributed by atoms with E-state index >= 15 is 0 Å². The number of aromatic nitrogens is 4. The average molecular weight is 1130 g/mol. The first-order chi connectivity index (χ1) is 43.7. The van der Waals surface area contributed by atoms with Crippen molar-refractivity contribution in [3.8, 4) is 17.1 Å². The van der Waals surface area contributed by atoms with Gasteiger partial charge in [0.05, 0.1) is 55.7 Å². The third-order valence-electron chi connectivity index (χ3n) is 17.4. The number of para-hydroxylation sites is 9. The number of anilines is 9. The van der Waals surface area contributed by atoms with Gasteiger partial charge in [-0.1, -0.05) is 164 Å². The Labute approximate surface area is 508 Å². The fourth-order valence-corrected chi connectivity index (χ4v) is 13.6. The zero-order valence-electron chi connectivity index (χ0n) is 47.9. The van der Waals surface area contributed by atoms with E-state index in [1.807, 2.05) is 6.20 Å². The predicted octanol–water partition coefficient (Wildman–Crippen LogP) is 21.9. The molecular formula is C81H55N7. The van der Waals surface area contributed by atoms with Gasteiger partial charge >= 0.3 is 0 Å². The Morgan fingerprint density at radius 3 is 0.864 bits per heavy atom. The van der Waals surface area contributed by atoms with Crippen LogP contribution in [-0.4, -0.2) is 18.7 Å². The standard InChI is InChI=1S/C81H55N7/c1-7-25-56(26-8-1)83(62-43-46-76-68(51-62)65-37-19-22-40-73(65)86(76)59-31-13-4-14-32-59)79-49-50-82-72-55-81(85(58-29-11-3-12-30-58)64-45-48-78-70(53-64)67-39-21-24-42-75(67)88(78)61-35-17-6-18-36-61)80(54-71(72)79)84(57-27-9-2-10-28-57)63-44-47-77-69(52-63)66-38-20-23-41-74(66)87(77)60-33-15-5-16-34-60/h1-55H. The Hall–Kier alpha value is -11.9. The van der Waals surface area contributed by atoms with Crippen molar-refractivity contribution in [3.63, 3.8) is 0 Å². The van der Waals surface area contributed by atoms with Crippen LogP contribution in [-0.2, 0) is 0 Å². The molecule has 88 heavy (non-hydrogen) atoms. The number of pyridine rings is 1. The van der Waals surface area contributed by atoms with Crippen LogP contribution in [0.1, 0.15) is 0 Å². The summed E-state index contributed by atoms with van der Waals surface area (Å²) in [6.07, 6.45) is 1.97. The monoisotopic (exact) mass is 1130 g/mol. The van der Waals surface area contributed by atoms with Crippen LogP contribution in [0.15, 0.2) is 334 Å². The summed E-state index contributed by atoms with van der Waals surface area (Å²) in [6, 6.07) is 118. The molecule has 414 valence electrons. The molecule has 17 rings (SSSR count). The maximum Gasteiger partial charge on any atom is 0.0745 e.